The van der Waals surface area contributed by atoms with Crippen molar-refractivity contribution in [2.24, 2.45) is 0 Å². The predicted octanol–water partition coefficient (Wildman–Crippen LogP) is 4.63. The Morgan fingerprint density at radius 3 is 2.40 bits per heavy atom. The maximum atomic E-state index is 14.2. The minimum Gasteiger partial charge on any atom is -0.383 e. The third-order valence-corrected chi connectivity index (χ3v) is 3.51. The zero-order valence-electron chi connectivity index (χ0n) is 12.1. The van der Waals surface area contributed by atoms with E-state index in [0.717, 1.165) is 5.82 Å². The summed E-state index contributed by atoms with van der Waals surface area (Å²) in [6.07, 6.45) is 0. The van der Waals surface area contributed by atoms with Crippen LogP contribution in [0, 0.1) is 5.82 Å². The highest BCUT2D eigenvalue weighted by atomic mass is 35.5. The highest BCUT2D eigenvalue weighted by Crippen LogP contribution is 2.34. The lowest BCUT2D eigenvalue weighted by Crippen LogP contribution is -2.10. The van der Waals surface area contributed by atoms with Gasteiger partial charge in [0.15, 0.2) is 5.82 Å². The molecule has 3 nitrogen and oxygen atoms in total. The maximum absolute atomic E-state index is 14.2. The number of hydrogen-bond acceptors (Lipinski definition) is 2. The summed E-state index contributed by atoms with van der Waals surface area (Å²) < 4.78 is 16.1. The van der Waals surface area contributed by atoms with Crippen molar-refractivity contribution < 1.29 is 4.39 Å². The molecular formula is C15H19ClFN3. The first kappa shape index (κ1) is 14.9. The van der Waals surface area contributed by atoms with Crippen LogP contribution in [0.1, 0.15) is 45.5 Å². The van der Waals surface area contributed by atoms with Gasteiger partial charge in [0.2, 0.25) is 0 Å². The molecule has 2 rings (SSSR count). The molecule has 0 amide bonds. The molecule has 0 spiro atoms. The predicted molar refractivity (Wildman–Crippen MR) is 81.5 cm³/mol. The summed E-state index contributed by atoms with van der Waals surface area (Å²) in [7, 11) is 0. The van der Waals surface area contributed by atoms with Crippen molar-refractivity contribution in [1.82, 2.24) is 9.55 Å². The van der Waals surface area contributed by atoms with Crippen LogP contribution in [0.2, 0.25) is 5.02 Å². The van der Waals surface area contributed by atoms with E-state index in [2.05, 4.69) is 4.98 Å². The first-order chi connectivity index (χ1) is 9.34. The Morgan fingerprint density at radius 1 is 1.25 bits per heavy atom. The van der Waals surface area contributed by atoms with E-state index in [9.17, 15) is 4.39 Å². The second-order valence-corrected chi connectivity index (χ2v) is 5.83. The van der Waals surface area contributed by atoms with Gasteiger partial charge in [-0.2, -0.15) is 0 Å². The number of imidazole rings is 1. The fourth-order valence-corrected chi connectivity index (χ4v) is 2.47. The molecule has 0 atom stereocenters. The van der Waals surface area contributed by atoms with Crippen LogP contribution in [0.3, 0.4) is 0 Å². The first-order valence-corrected chi connectivity index (χ1v) is 7.04. The van der Waals surface area contributed by atoms with Crippen LogP contribution >= 0.6 is 11.6 Å². The smallest absolute Gasteiger partial charge is 0.151 e. The molecule has 0 aliphatic rings. The second-order valence-electron chi connectivity index (χ2n) is 5.42. The van der Waals surface area contributed by atoms with E-state index < -0.39 is 5.82 Å². The number of rotatable bonds is 3. The molecule has 0 saturated heterocycles. The van der Waals surface area contributed by atoms with Gasteiger partial charge in [-0.25, -0.2) is 9.37 Å². The molecule has 108 valence electrons. The molecule has 0 aliphatic heterocycles. The molecule has 2 aromatic rings. The average Bonchev–Trinajstić information content (AvgIpc) is 2.71. The van der Waals surface area contributed by atoms with Crippen LogP contribution in [-0.2, 0) is 0 Å². The molecule has 1 aromatic carbocycles. The van der Waals surface area contributed by atoms with Gasteiger partial charge in [0.25, 0.3) is 0 Å². The van der Waals surface area contributed by atoms with Crippen molar-refractivity contribution >= 4 is 17.4 Å². The number of aromatic nitrogens is 2. The SMILES string of the molecule is CC(C)c1nc(-c2cccc(Cl)c2F)c(N)n1C(C)C. The number of nitrogens with two attached hydrogens (primary N) is 1. The minimum absolute atomic E-state index is 0.0760. The standard InChI is InChI=1S/C15H19ClFN3/c1-8(2)15-19-13(14(18)20(15)9(3)4)10-6-5-7-11(16)12(10)17/h5-9H,18H2,1-4H3. The van der Waals surface area contributed by atoms with Crippen molar-refractivity contribution in [3.8, 4) is 11.3 Å². The van der Waals surface area contributed by atoms with E-state index in [4.69, 9.17) is 17.3 Å². The van der Waals surface area contributed by atoms with Gasteiger partial charge in [0, 0.05) is 17.5 Å². The third-order valence-electron chi connectivity index (χ3n) is 3.21. The van der Waals surface area contributed by atoms with Crippen molar-refractivity contribution in [3.05, 3.63) is 34.9 Å². The monoisotopic (exact) mass is 295 g/mol. The van der Waals surface area contributed by atoms with E-state index in [0.29, 0.717) is 17.1 Å². The van der Waals surface area contributed by atoms with Crippen LogP contribution in [-0.4, -0.2) is 9.55 Å². The van der Waals surface area contributed by atoms with E-state index >= 15 is 0 Å². The van der Waals surface area contributed by atoms with Crippen LogP contribution in [0.15, 0.2) is 18.2 Å². The van der Waals surface area contributed by atoms with Crippen molar-refractivity contribution in [2.45, 2.75) is 39.7 Å². The van der Waals surface area contributed by atoms with Crippen molar-refractivity contribution in [1.29, 1.82) is 0 Å². The Labute approximate surface area is 123 Å². The van der Waals surface area contributed by atoms with Gasteiger partial charge >= 0.3 is 0 Å². The van der Waals surface area contributed by atoms with Gasteiger partial charge in [-0.1, -0.05) is 31.5 Å². The Hall–Kier alpha value is -1.55. The molecule has 0 radical (unpaired) electrons. The number of hydrogen-bond donors (Lipinski definition) is 1. The molecule has 0 bridgehead atoms. The van der Waals surface area contributed by atoms with Crippen LogP contribution < -0.4 is 5.73 Å². The van der Waals surface area contributed by atoms with Gasteiger partial charge in [-0.3, -0.25) is 0 Å². The van der Waals surface area contributed by atoms with Gasteiger partial charge in [-0.15, -0.1) is 0 Å². The molecule has 20 heavy (non-hydrogen) atoms. The zero-order valence-corrected chi connectivity index (χ0v) is 12.9. The van der Waals surface area contributed by atoms with Crippen LogP contribution in [0.5, 0.6) is 0 Å². The highest BCUT2D eigenvalue weighted by molar-refractivity contribution is 6.31. The largest absolute Gasteiger partial charge is 0.383 e. The van der Waals surface area contributed by atoms with Gasteiger partial charge < -0.3 is 10.3 Å². The van der Waals surface area contributed by atoms with Crippen LogP contribution in [0.4, 0.5) is 10.2 Å². The fourth-order valence-electron chi connectivity index (χ4n) is 2.30. The number of nitrogen functional groups attached to an aromatic ring is 1. The first-order valence-electron chi connectivity index (χ1n) is 6.66. The summed E-state index contributed by atoms with van der Waals surface area (Å²) in [5.41, 5.74) is 6.99. The Balaban J connectivity index is 2.70. The Kier molecular flexibility index (Phi) is 4.04. The van der Waals surface area contributed by atoms with Gasteiger partial charge in [-0.05, 0) is 26.0 Å². The van der Waals surface area contributed by atoms with E-state index in [-0.39, 0.29) is 17.0 Å². The van der Waals surface area contributed by atoms with Crippen molar-refractivity contribution in [3.63, 3.8) is 0 Å². The lowest BCUT2D eigenvalue weighted by molar-refractivity contribution is 0.556. The summed E-state index contributed by atoms with van der Waals surface area (Å²) in [5, 5.41) is 0.0760. The summed E-state index contributed by atoms with van der Waals surface area (Å²) in [6.45, 7) is 8.14. The molecule has 0 unspecified atom stereocenters. The lowest BCUT2D eigenvalue weighted by Gasteiger charge is -2.15. The summed E-state index contributed by atoms with van der Waals surface area (Å²) in [5.74, 6) is 1.05. The molecule has 0 aliphatic carbocycles. The molecule has 0 saturated carbocycles. The Bertz CT molecular complexity index is 632. The van der Waals surface area contributed by atoms with E-state index in [1.54, 1.807) is 12.1 Å². The van der Waals surface area contributed by atoms with Gasteiger partial charge in [0.05, 0.1) is 5.02 Å². The fraction of sp³-hybridized carbons (Fsp3) is 0.400. The number of halogens is 2. The lowest BCUT2D eigenvalue weighted by atomic mass is 10.1. The maximum Gasteiger partial charge on any atom is 0.151 e. The molecule has 1 heterocycles. The average molecular weight is 296 g/mol. The normalized spacial score (nSPS) is 11.6. The minimum atomic E-state index is -0.482. The molecule has 5 heteroatoms. The zero-order chi connectivity index (χ0) is 15.0. The van der Waals surface area contributed by atoms with E-state index in [1.165, 1.54) is 6.07 Å². The summed E-state index contributed by atoms with van der Waals surface area (Å²) in [6, 6.07) is 5.02. The van der Waals surface area contributed by atoms with Crippen LogP contribution in [0.25, 0.3) is 11.3 Å². The number of nitrogens with zero attached hydrogens (tertiary/aromatic N) is 2. The Morgan fingerprint density at radius 2 is 1.90 bits per heavy atom. The molecule has 2 N–H and O–H groups in total. The van der Waals surface area contributed by atoms with Gasteiger partial charge in [0.1, 0.15) is 17.3 Å². The summed E-state index contributed by atoms with van der Waals surface area (Å²) >= 11 is 5.84. The van der Waals surface area contributed by atoms with Crippen molar-refractivity contribution in [2.75, 3.05) is 5.73 Å². The number of benzene rings is 1. The molecule has 0 fully saturated rings. The second kappa shape index (κ2) is 5.44. The quantitative estimate of drug-likeness (QED) is 0.897. The van der Waals surface area contributed by atoms with E-state index in [1.807, 2.05) is 32.3 Å². The number of anilines is 1. The molecular weight excluding hydrogens is 277 g/mol. The third kappa shape index (κ3) is 2.40. The summed E-state index contributed by atoms with van der Waals surface area (Å²) in [4.78, 5) is 4.54. The topological polar surface area (TPSA) is 43.8 Å². The molecule has 1 aromatic heterocycles. The highest BCUT2D eigenvalue weighted by Gasteiger charge is 2.22.